The van der Waals surface area contributed by atoms with Crippen molar-refractivity contribution in [2.75, 3.05) is 0 Å². The van der Waals surface area contributed by atoms with Gasteiger partial charge in [0.2, 0.25) is 5.89 Å². The molecule has 25 heavy (non-hydrogen) atoms. The Balaban J connectivity index is 1.62. The largest absolute Gasteiger partial charge is 0.449 e. The van der Waals surface area contributed by atoms with Crippen molar-refractivity contribution >= 4 is 12.0 Å². The van der Waals surface area contributed by atoms with Gasteiger partial charge in [-0.3, -0.25) is 0 Å². The summed E-state index contributed by atoms with van der Waals surface area (Å²) in [5.74, 6) is 0.192. The van der Waals surface area contributed by atoms with Crippen LogP contribution in [0.15, 0.2) is 65.1 Å². The summed E-state index contributed by atoms with van der Waals surface area (Å²) in [5.41, 5.74) is 2.91. The van der Waals surface area contributed by atoms with Crippen LogP contribution in [0.1, 0.15) is 30.0 Å². The number of hydrogen-bond donors (Lipinski definition) is 0. The van der Waals surface area contributed by atoms with Crippen LogP contribution in [0.5, 0.6) is 0 Å². The fraction of sp³-hybridized carbons (Fsp3) is 0.150. The number of nitrogens with zero attached hydrogens (tertiary/aromatic N) is 2. The molecule has 3 rings (SSSR count). The average molecular weight is 334 g/mol. The normalized spacial score (nSPS) is 12.2. The Hall–Kier alpha value is -3.21. The van der Waals surface area contributed by atoms with Crippen molar-refractivity contribution in [2.45, 2.75) is 20.0 Å². The van der Waals surface area contributed by atoms with Crippen LogP contribution in [-0.4, -0.2) is 16.2 Å². The Labute approximate surface area is 146 Å². The molecule has 5 nitrogen and oxygen atoms in total. The molecule has 3 aromatic rings. The van der Waals surface area contributed by atoms with Gasteiger partial charge in [-0.25, -0.2) is 4.79 Å². The van der Waals surface area contributed by atoms with E-state index in [0.29, 0.717) is 5.89 Å². The van der Waals surface area contributed by atoms with Crippen LogP contribution < -0.4 is 0 Å². The van der Waals surface area contributed by atoms with Crippen molar-refractivity contribution in [3.8, 4) is 11.5 Å². The molecule has 0 spiro atoms. The molecule has 0 unspecified atom stereocenters. The van der Waals surface area contributed by atoms with Crippen molar-refractivity contribution in [2.24, 2.45) is 0 Å². The van der Waals surface area contributed by atoms with Gasteiger partial charge in [-0.15, -0.1) is 10.2 Å². The predicted octanol–water partition coefficient (Wildman–Crippen LogP) is 4.36. The van der Waals surface area contributed by atoms with E-state index in [1.165, 1.54) is 11.6 Å². The third-order valence-corrected chi connectivity index (χ3v) is 3.59. The van der Waals surface area contributed by atoms with E-state index in [0.717, 1.165) is 11.1 Å². The zero-order chi connectivity index (χ0) is 17.6. The van der Waals surface area contributed by atoms with Crippen LogP contribution in [0.2, 0.25) is 0 Å². The van der Waals surface area contributed by atoms with E-state index in [1.54, 1.807) is 13.0 Å². The highest BCUT2D eigenvalue weighted by atomic mass is 16.6. The van der Waals surface area contributed by atoms with E-state index in [4.69, 9.17) is 9.15 Å². The first-order valence-corrected chi connectivity index (χ1v) is 7.96. The summed E-state index contributed by atoms with van der Waals surface area (Å²) in [6.45, 7) is 3.71. The van der Waals surface area contributed by atoms with Crippen molar-refractivity contribution in [1.82, 2.24) is 10.2 Å². The van der Waals surface area contributed by atoms with Gasteiger partial charge in [0.25, 0.3) is 5.89 Å². The molecule has 0 radical (unpaired) electrons. The first-order valence-electron chi connectivity index (χ1n) is 7.96. The number of aromatic nitrogens is 2. The summed E-state index contributed by atoms with van der Waals surface area (Å²) in [5, 5.41) is 7.95. The molecule has 0 bridgehead atoms. The van der Waals surface area contributed by atoms with Gasteiger partial charge in [0, 0.05) is 11.6 Å². The summed E-state index contributed by atoms with van der Waals surface area (Å²) >= 11 is 0. The van der Waals surface area contributed by atoms with Gasteiger partial charge in [-0.1, -0.05) is 48.0 Å². The van der Waals surface area contributed by atoms with Crippen LogP contribution in [-0.2, 0) is 9.53 Å². The third kappa shape index (κ3) is 4.41. The van der Waals surface area contributed by atoms with E-state index < -0.39 is 12.1 Å². The highest BCUT2D eigenvalue weighted by molar-refractivity contribution is 5.87. The van der Waals surface area contributed by atoms with Crippen LogP contribution >= 0.6 is 0 Å². The lowest BCUT2D eigenvalue weighted by atomic mass is 10.1. The number of benzene rings is 2. The maximum Gasteiger partial charge on any atom is 0.331 e. The highest BCUT2D eigenvalue weighted by Crippen LogP contribution is 2.22. The van der Waals surface area contributed by atoms with Crippen LogP contribution in [0.3, 0.4) is 0 Å². The van der Waals surface area contributed by atoms with E-state index >= 15 is 0 Å². The number of aryl methyl sites for hydroxylation is 1. The molecule has 126 valence electrons. The summed E-state index contributed by atoms with van der Waals surface area (Å²) in [6, 6.07) is 17.3. The van der Waals surface area contributed by atoms with Crippen molar-refractivity contribution < 1.29 is 13.9 Å². The molecule has 0 N–H and O–H groups in total. The minimum Gasteiger partial charge on any atom is -0.449 e. The smallest absolute Gasteiger partial charge is 0.331 e. The number of esters is 1. The van der Waals surface area contributed by atoms with Gasteiger partial charge in [-0.05, 0) is 37.6 Å². The Morgan fingerprint density at radius 3 is 2.52 bits per heavy atom. The predicted molar refractivity (Wildman–Crippen MR) is 94.5 cm³/mol. The minimum absolute atomic E-state index is 0.260. The van der Waals surface area contributed by atoms with Gasteiger partial charge in [0.15, 0.2) is 6.10 Å². The molecular formula is C20H18N2O3. The lowest BCUT2D eigenvalue weighted by molar-refractivity contribution is -0.143. The molecule has 0 saturated heterocycles. The molecule has 1 heterocycles. The Morgan fingerprint density at radius 1 is 1.08 bits per heavy atom. The van der Waals surface area contributed by atoms with E-state index in [-0.39, 0.29) is 5.89 Å². The molecule has 5 heteroatoms. The van der Waals surface area contributed by atoms with Gasteiger partial charge in [0.05, 0.1) is 0 Å². The standard InChI is InChI=1S/C20H18N2O3/c1-14-8-10-16(11-9-14)12-13-18(23)24-15(2)19-21-22-20(25-19)17-6-4-3-5-7-17/h3-13,15H,1-2H3/b13-12+/t15-/m1/s1. The Morgan fingerprint density at radius 2 is 1.80 bits per heavy atom. The molecule has 0 aliphatic heterocycles. The SMILES string of the molecule is Cc1ccc(/C=C/C(=O)O[C@H](C)c2nnc(-c3ccccc3)o2)cc1. The van der Waals surface area contributed by atoms with Gasteiger partial charge < -0.3 is 9.15 Å². The molecule has 2 aromatic carbocycles. The molecule has 1 atom stereocenters. The van der Waals surface area contributed by atoms with Crippen molar-refractivity contribution in [3.05, 3.63) is 77.7 Å². The number of ether oxygens (including phenoxy) is 1. The summed E-state index contributed by atoms with van der Waals surface area (Å²) < 4.78 is 10.9. The molecule has 0 amide bonds. The average Bonchev–Trinajstić information content (AvgIpc) is 3.12. The second-order valence-electron chi connectivity index (χ2n) is 5.63. The second kappa shape index (κ2) is 7.57. The summed E-state index contributed by atoms with van der Waals surface area (Å²) in [7, 11) is 0. The summed E-state index contributed by atoms with van der Waals surface area (Å²) in [6.07, 6.45) is 2.47. The van der Waals surface area contributed by atoms with Crippen molar-refractivity contribution in [3.63, 3.8) is 0 Å². The lowest BCUT2D eigenvalue weighted by Gasteiger charge is -2.06. The third-order valence-electron chi connectivity index (χ3n) is 3.59. The zero-order valence-electron chi connectivity index (χ0n) is 14.0. The zero-order valence-corrected chi connectivity index (χ0v) is 14.0. The Bertz CT molecular complexity index is 867. The van der Waals surface area contributed by atoms with Crippen LogP contribution in [0.25, 0.3) is 17.5 Å². The first kappa shape index (κ1) is 16.6. The quantitative estimate of drug-likeness (QED) is 0.512. The minimum atomic E-state index is -0.625. The fourth-order valence-electron chi connectivity index (χ4n) is 2.20. The number of rotatable bonds is 5. The molecule has 0 fully saturated rings. The van der Waals surface area contributed by atoms with E-state index in [1.807, 2.05) is 61.5 Å². The Kier molecular flexibility index (Phi) is 5.04. The molecule has 0 aliphatic carbocycles. The molecule has 1 aromatic heterocycles. The first-order chi connectivity index (χ1) is 12.1. The van der Waals surface area contributed by atoms with Gasteiger partial charge >= 0.3 is 5.97 Å². The summed E-state index contributed by atoms with van der Waals surface area (Å²) in [4.78, 5) is 11.9. The maximum absolute atomic E-state index is 11.9. The van der Waals surface area contributed by atoms with E-state index in [2.05, 4.69) is 10.2 Å². The highest BCUT2D eigenvalue weighted by Gasteiger charge is 2.17. The number of carbonyl (C=O) groups is 1. The van der Waals surface area contributed by atoms with Crippen molar-refractivity contribution in [1.29, 1.82) is 0 Å². The fourth-order valence-corrected chi connectivity index (χ4v) is 2.20. The van der Waals surface area contributed by atoms with Gasteiger partial charge in [-0.2, -0.15) is 0 Å². The number of hydrogen-bond acceptors (Lipinski definition) is 5. The second-order valence-corrected chi connectivity index (χ2v) is 5.63. The van der Waals surface area contributed by atoms with E-state index in [9.17, 15) is 4.79 Å². The lowest BCUT2D eigenvalue weighted by Crippen LogP contribution is -2.06. The molecule has 0 aliphatic rings. The monoisotopic (exact) mass is 334 g/mol. The van der Waals surface area contributed by atoms with Crippen LogP contribution in [0, 0.1) is 6.92 Å². The van der Waals surface area contributed by atoms with Gasteiger partial charge in [0.1, 0.15) is 0 Å². The molecule has 0 saturated carbocycles. The maximum atomic E-state index is 11.9. The van der Waals surface area contributed by atoms with Crippen LogP contribution in [0.4, 0.5) is 0 Å². The topological polar surface area (TPSA) is 65.2 Å². The molecular weight excluding hydrogens is 316 g/mol. The number of carbonyl (C=O) groups excluding carboxylic acids is 1.